The summed E-state index contributed by atoms with van der Waals surface area (Å²) in [5.41, 5.74) is 1.04. The number of rotatable bonds is 4. The zero-order chi connectivity index (χ0) is 13.0. The number of hydrogen-bond donors (Lipinski definition) is 0. The first kappa shape index (κ1) is 12.1. The Hall–Kier alpha value is -2.37. The fourth-order valence-electron chi connectivity index (χ4n) is 1.72. The molecule has 0 bridgehead atoms. The molecule has 1 heterocycles. The summed E-state index contributed by atoms with van der Waals surface area (Å²) in [7, 11) is 0. The van der Waals surface area contributed by atoms with Crippen molar-refractivity contribution in [1.82, 2.24) is 14.9 Å². The van der Waals surface area contributed by atoms with E-state index >= 15 is 0 Å². The maximum absolute atomic E-state index is 11.0. The smallest absolute Gasteiger partial charge is 0.157 e. The van der Waals surface area contributed by atoms with Crippen molar-refractivity contribution < 1.29 is 9.90 Å². The number of carbonyl (C=O) groups excluding carboxylic acids is 1. The Balaban J connectivity index is 2.25. The minimum Gasteiger partial charge on any atom is -0.529 e. The van der Waals surface area contributed by atoms with Gasteiger partial charge in [0.05, 0.1) is 0 Å². The Bertz CT molecular complexity index is 524. The van der Waals surface area contributed by atoms with Gasteiger partial charge in [-0.05, 0) is 12.5 Å². The predicted molar refractivity (Wildman–Crippen MR) is 63.4 cm³/mol. The Kier molecular flexibility index (Phi) is 3.57. The number of hydrogen-bond acceptors (Lipinski definition) is 4. The number of nitrogens with zero attached hydrogens (tertiary/aromatic N) is 4. The number of carbonyl (C=O) groups is 1. The minimum atomic E-state index is -1.27. The molecule has 0 radical (unpaired) electrons. The molecule has 1 aromatic heterocycles. The minimum absolute atomic E-state index is 0.280. The predicted octanol–water partition coefficient (Wildman–Crippen LogP) is 0.170. The molecular weight excluding hydrogens is 232 g/mol. The van der Waals surface area contributed by atoms with E-state index in [1.807, 2.05) is 30.3 Å². The lowest BCUT2D eigenvalue weighted by Crippen LogP contribution is -2.48. The molecule has 1 amide bonds. The van der Waals surface area contributed by atoms with Crippen LogP contribution in [0.15, 0.2) is 36.7 Å². The highest BCUT2D eigenvalue weighted by atomic mass is 16.4. The van der Waals surface area contributed by atoms with E-state index in [2.05, 4.69) is 10.2 Å². The van der Waals surface area contributed by atoms with Crippen LogP contribution in [0.25, 0.3) is 0 Å². The van der Waals surface area contributed by atoms with E-state index in [1.54, 1.807) is 6.92 Å². The molecule has 0 N–H and O–H groups in total. The van der Waals surface area contributed by atoms with E-state index in [0.717, 1.165) is 10.6 Å². The van der Waals surface area contributed by atoms with Crippen molar-refractivity contribution in [2.24, 2.45) is 0 Å². The molecule has 0 saturated carbocycles. The largest absolute Gasteiger partial charge is 0.529 e. The second-order valence-corrected chi connectivity index (χ2v) is 3.74. The highest BCUT2D eigenvalue weighted by molar-refractivity contribution is 5.74. The molecule has 0 aliphatic rings. The molecule has 1 aromatic carbocycles. The molecule has 0 fully saturated rings. The van der Waals surface area contributed by atoms with Crippen molar-refractivity contribution in [2.45, 2.75) is 13.3 Å². The van der Waals surface area contributed by atoms with Gasteiger partial charge in [-0.2, -0.15) is 0 Å². The van der Waals surface area contributed by atoms with Gasteiger partial charge in [0.25, 0.3) is 0 Å². The normalized spacial score (nSPS) is 10.3. The summed E-state index contributed by atoms with van der Waals surface area (Å²) in [5, 5.41) is 19.7. The average molecular weight is 245 g/mol. The third kappa shape index (κ3) is 2.48. The lowest BCUT2D eigenvalue weighted by atomic mass is 10.1. The summed E-state index contributed by atoms with van der Waals surface area (Å²) in [5.74, 6) is 0.562. The van der Waals surface area contributed by atoms with Crippen molar-refractivity contribution in [3.63, 3.8) is 0 Å². The first-order valence-electron chi connectivity index (χ1n) is 5.64. The van der Waals surface area contributed by atoms with E-state index in [1.165, 1.54) is 11.0 Å². The molecule has 2 aromatic rings. The standard InChI is InChI=1S/C12H14N4O2/c1-2-15(12(17)18)16-9-13-14-11(16)8-10-6-4-3-5-7-10/h3-7,9H,2,8H2,1H3,(H,17,18)/p-1. The molecule has 0 atom stereocenters. The Morgan fingerprint density at radius 1 is 1.39 bits per heavy atom. The Morgan fingerprint density at radius 2 is 2.11 bits per heavy atom. The maximum atomic E-state index is 11.0. The zero-order valence-electron chi connectivity index (χ0n) is 9.98. The van der Waals surface area contributed by atoms with Gasteiger partial charge in [0.15, 0.2) is 11.9 Å². The molecular formula is C12H13N4O2-. The Morgan fingerprint density at radius 3 is 2.72 bits per heavy atom. The molecule has 18 heavy (non-hydrogen) atoms. The first-order valence-corrected chi connectivity index (χ1v) is 5.64. The molecule has 0 unspecified atom stereocenters. The third-order valence-corrected chi connectivity index (χ3v) is 2.57. The van der Waals surface area contributed by atoms with E-state index < -0.39 is 6.09 Å². The van der Waals surface area contributed by atoms with Crippen molar-refractivity contribution in [1.29, 1.82) is 0 Å². The van der Waals surface area contributed by atoms with Gasteiger partial charge in [-0.25, -0.2) is 4.68 Å². The summed E-state index contributed by atoms with van der Waals surface area (Å²) in [6.45, 7) is 2.00. The zero-order valence-corrected chi connectivity index (χ0v) is 9.98. The fraction of sp³-hybridized carbons (Fsp3) is 0.250. The highest BCUT2D eigenvalue weighted by Gasteiger charge is 2.11. The van der Waals surface area contributed by atoms with Crippen LogP contribution >= 0.6 is 0 Å². The lowest BCUT2D eigenvalue weighted by molar-refractivity contribution is -0.248. The van der Waals surface area contributed by atoms with Gasteiger partial charge < -0.3 is 9.90 Å². The van der Waals surface area contributed by atoms with Crippen LogP contribution in [0.1, 0.15) is 18.3 Å². The Labute approximate surface area is 104 Å². The summed E-state index contributed by atoms with van der Waals surface area (Å²) in [6.07, 6.45) is 0.619. The van der Waals surface area contributed by atoms with E-state index in [9.17, 15) is 9.90 Å². The van der Waals surface area contributed by atoms with Gasteiger partial charge in [0.2, 0.25) is 0 Å². The van der Waals surface area contributed by atoms with Crippen molar-refractivity contribution in [2.75, 3.05) is 11.6 Å². The molecule has 2 rings (SSSR count). The van der Waals surface area contributed by atoms with Crippen LogP contribution in [0.2, 0.25) is 0 Å². The SMILES string of the molecule is CCN(C(=O)[O-])n1cnnc1Cc1ccccc1. The second-order valence-electron chi connectivity index (χ2n) is 3.74. The summed E-state index contributed by atoms with van der Waals surface area (Å²) < 4.78 is 1.41. The first-order chi connectivity index (χ1) is 8.72. The number of benzene rings is 1. The lowest BCUT2D eigenvalue weighted by Gasteiger charge is -2.24. The molecule has 0 spiro atoms. The van der Waals surface area contributed by atoms with E-state index in [0.29, 0.717) is 12.2 Å². The van der Waals surface area contributed by atoms with Gasteiger partial charge in [0, 0.05) is 13.0 Å². The van der Waals surface area contributed by atoms with Gasteiger partial charge in [-0.15, -0.1) is 10.2 Å². The quantitative estimate of drug-likeness (QED) is 0.769. The van der Waals surface area contributed by atoms with Crippen LogP contribution in [-0.4, -0.2) is 27.5 Å². The van der Waals surface area contributed by atoms with Crippen molar-refractivity contribution in [3.05, 3.63) is 48.0 Å². The third-order valence-electron chi connectivity index (χ3n) is 2.57. The van der Waals surface area contributed by atoms with Crippen LogP contribution in [-0.2, 0) is 6.42 Å². The molecule has 6 heteroatoms. The topological polar surface area (TPSA) is 74.1 Å². The van der Waals surface area contributed by atoms with E-state index in [-0.39, 0.29) is 6.54 Å². The van der Waals surface area contributed by atoms with Crippen LogP contribution in [0.4, 0.5) is 4.79 Å². The molecule has 6 nitrogen and oxygen atoms in total. The molecule has 0 saturated heterocycles. The van der Waals surface area contributed by atoms with E-state index in [4.69, 9.17) is 0 Å². The van der Waals surface area contributed by atoms with Crippen LogP contribution in [0.3, 0.4) is 0 Å². The van der Waals surface area contributed by atoms with Gasteiger partial charge >= 0.3 is 0 Å². The van der Waals surface area contributed by atoms with Crippen LogP contribution < -0.4 is 10.1 Å². The van der Waals surface area contributed by atoms with Crippen LogP contribution in [0.5, 0.6) is 0 Å². The monoisotopic (exact) mass is 245 g/mol. The molecule has 0 aliphatic heterocycles. The highest BCUT2D eigenvalue weighted by Crippen LogP contribution is 2.07. The molecule has 0 aliphatic carbocycles. The van der Waals surface area contributed by atoms with Gasteiger partial charge in [0.1, 0.15) is 6.33 Å². The summed E-state index contributed by atoms with van der Waals surface area (Å²) >= 11 is 0. The summed E-state index contributed by atoms with van der Waals surface area (Å²) in [6, 6.07) is 9.68. The van der Waals surface area contributed by atoms with Gasteiger partial charge in [-0.3, -0.25) is 5.01 Å². The van der Waals surface area contributed by atoms with Crippen molar-refractivity contribution >= 4 is 6.09 Å². The van der Waals surface area contributed by atoms with Crippen molar-refractivity contribution in [3.8, 4) is 0 Å². The van der Waals surface area contributed by atoms with Crippen LogP contribution in [0, 0.1) is 0 Å². The maximum Gasteiger partial charge on any atom is 0.157 e. The fourth-order valence-corrected chi connectivity index (χ4v) is 1.72. The number of amides is 1. The molecule has 94 valence electrons. The van der Waals surface area contributed by atoms with Gasteiger partial charge in [-0.1, -0.05) is 30.3 Å². The number of carboxylic acid groups (broad SMARTS) is 1. The number of aromatic nitrogens is 3. The second kappa shape index (κ2) is 5.31. The summed E-state index contributed by atoms with van der Waals surface area (Å²) in [4.78, 5) is 11.0. The average Bonchev–Trinajstić information content (AvgIpc) is 2.79.